The highest BCUT2D eigenvalue weighted by Crippen LogP contribution is 2.20. The highest BCUT2D eigenvalue weighted by atomic mass is 32.2. The maximum atomic E-state index is 14.6. The van der Waals surface area contributed by atoms with Gasteiger partial charge in [0.25, 0.3) is 0 Å². The molecule has 0 fully saturated rings. The van der Waals surface area contributed by atoms with Crippen LogP contribution in [0.3, 0.4) is 0 Å². The molecule has 0 saturated heterocycles. The van der Waals surface area contributed by atoms with Gasteiger partial charge in [0.1, 0.15) is 11.9 Å². The molecule has 0 bridgehead atoms. The summed E-state index contributed by atoms with van der Waals surface area (Å²) in [5.74, 6) is 0.680. The Morgan fingerprint density at radius 3 is 2.17 bits per heavy atom. The molecule has 36 heavy (non-hydrogen) atoms. The van der Waals surface area contributed by atoms with Crippen LogP contribution in [0.25, 0.3) is 0 Å². The molecule has 0 aliphatic rings. The molecule has 1 N–H and O–H groups in total. The number of amides is 2. The fourth-order valence-electron chi connectivity index (χ4n) is 3.87. The zero-order chi connectivity index (χ0) is 25.8. The first-order chi connectivity index (χ1) is 17.5. The Balaban J connectivity index is 1.81. The minimum atomic E-state index is -0.743. The average molecular weight is 507 g/mol. The van der Waals surface area contributed by atoms with Crippen molar-refractivity contribution in [3.05, 3.63) is 107 Å². The quantitative estimate of drug-likeness (QED) is 0.289. The molecule has 2 atom stereocenters. The predicted molar refractivity (Wildman–Crippen MR) is 146 cm³/mol. The molecule has 0 aliphatic heterocycles. The fraction of sp³-hybridized carbons (Fsp3) is 0.333. The van der Waals surface area contributed by atoms with Crippen LogP contribution in [0.1, 0.15) is 43.4 Å². The number of halogens is 1. The van der Waals surface area contributed by atoms with Gasteiger partial charge in [-0.25, -0.2) is 4.39 Å². The van der Waals surface area contributed by atoms with Crippen LogP contribution in [0.5, 0.6) is 0 Å². The van der Waals surface area contributed by atoms with Gasteiger partial charge < -0.3 is 10.2 Å². The molecule has 0 aliphatic carbocycles. The van der Waals surface area contributed by atoms with Crippen LogP contribution < -0.4 is 5.32 Å². The van der Waals surface area contributed by atoms with Gasteiger partial charge in [-0.05, 0) is 30.5 Å². The summed E-state index contributed by atoms with van der Waals surface area (Å²) in [4.78, 5) is 28.6. The van der Waals surface area contributed by atoms with Gasteiger partial charge in [-0.15, -0.1) is 0 Å². The summed E-state index contributed by atoms with van der Waals surface area (Å²) < 4.78 is 14.6. The Labute approximate surface area is 218 Å². The topological polar surface area (TPSA) is 49.4 Å². The lowest BCUT2D eigenvalue weighted by Crippen LogP contribution is -2.52. The molecule has 190 valence electrons. The second kappa shape index (κ2) is 14.4. The number of nitrogens with zero attached hydrogens (tertiary/aromatic N) is 1. The van der Waals surface area contributed by atoms with E-state index in [4.69, 9.17) is 0 Å². The van der Waals surface area contributed by atoms with Gasteiger partial charge in [0.05, 0.1) is 0 Å². The minimum Gasteiger partial charge on any atom is -0.352 e. The molecular formula is C30H35FN2O2S. The van der Waals surface area contributed by atoms with E-state index in [1.165, 1.54) is 11.6 Å². The van der Waals surface area contributed by atoms with Gasteiger partial charge in [0, 0.05) is 42.5 Å². The van der Waals surface area contributed by atoms with Crippen molar-refractivity contribution < 1.29 is 14.0 Å². The smallest absolute Gasteiger partial charge is 0.243 e. The summed E-state index contributed by atoms with van der Waals surface area (Å²) in [5.41, 5.74) is 2.55. The van der Waals surface area contributed by atoms with Gasteiger partial charge in [-0.2, -0.15) is 11.8 Å². The van der Waals surface area contributed by atoms with Crippen molar-refractivity contribution in [1.82, 2.24) is 10.2 Å². The summed E-state index contributed by atoms with van der Waals surface area (Å²) in [6.45, 7) is 3.99. The van der Waals surface area contributed by atoms with Crippen LogP contribution in [0.2, 0.25) is 0 Å². The average Bonchev–Trinajstić information content (AvgIpc) is 2.90. The number of hydrogen-bond donors (Lipinski definition) is 1. The molecule has 6 heteroatoms. The van der Waals surface area contributed by atoms with E-state index in [0.29, 0.717) is 17.7 Å². The number of nitrogens with one attached hydrogen (secondary N) is 1. The zero-order valence-electron chi connectivity index (χ0n) is 21.0. The molecule has 3 rings (SSSR count). The van der Waals surface area contributed by atoms with E-state index in [1.54, 1.807) is 34.9 Å². The van der Waals surface area contributed by atoms with E-state index in [0.717, 1.165) is 17.7 Å². The SMILES string of the molecule is CC[C@H](C)NC(=O)[C@@H](Cc1ccccc1)N(Cc1ccccc1F)C(=O)CCSCc1ccccc1. The summed E-state index contributed by atoms with van der Waals surface area (Å²) in [5, 5.41) is 3.04. The monoisotopic (exact) mass is 506 g/mol. The maximum Gasteiger partial charge on any atom is 0.243 e. The number of carbonyl (C=O) groups is 2. The first-order valence-electron chi connectivity index (χ1n) is 12.5. The molecule has 0 heterocycles. The standard InChI is InChI=1S/C30H35FN2O2S/c1-3-23(2)32-30(35)28(20-24-12-6-4-7-13-24)33(21-26-16-10-11-17-27(26)31)29(34)18-19-36-22-25-14-8-5-9-15-25/h4-17,23,28H,3,18-22H2,1-2H3,(H,32,35)/t23-,28+/m0/s1. The molecule has 0 saturated carbocycles. The van der Waals surface area contributed by atoms with Gasteiger partial charge in [0.15, 0.2) is 0 Å². The Kier molecular flexibility index (Phi) is 11.0. The van der Waals surface area contributed by atoms with E-state index >= 15 is 0 Å². The molecular weight excluding hydrogens is 471 g/mol. The van der Waals surface area contributed by atoms with Crippen molar-refractivity contribution in [2.45, 2.75) is 57.5 Å². The van der Waals surface area contributed by atoms with Crippen molar-refractivity contribution in [3.8, 4) is 0 Å². The van der Waals surface area contributed by atoms with Gasteiger partial charge >= 0.3 is 0 Å². The van der Waals surface area contributed by atoms with Gasteiger partial charge in [-0.1, -0.05) is 85.8 Å². The van der Waals surface area contributed by atoms with Crippen LogP contribution in [-0.2, 0) is 28.3 Å². The van der Waals surface area contributed by atoms with Crippen LogP contribution in [-0.4, -0.2) is 34.6 Å². The predicted octanol–water partition coefficient (Wildman–Crippen LogP) is 6.00. The molecule has 3 aromatic rings. The maximum absolute atomic E-state index is 14.6. The molecule has 4 nitrogen and oxygen atoms in total. The van der Waals surface area contributed by atoms with E-state index in [1.807, 2.05) is 62.4 Å². The van der Waals surface area contributed by atoms with Crippen molar-refractivity contribution in [1.29, 1.82) is 0 Å². The Hall–Kier alpha value is -3.12. The Morgan fingerprint density at radius 2 is 1.53 bits per heavy atom. The lowest BCUT2D eigenvalue weighted by atomic mass is 10.0. The molecule has 0 aromatic heterocycles. The van der Waals surface area contributed by atoms with E-state index in [-0.39, 0.29) is 36.6 Å². The third-order valence-corrected chi connectivity index (χ3v) is 7.17. The minimum absolute atomic E-state index is 0.0254. The summed E-state index contributed by atoms with van der Waals surface area (Å²) >= 11 is 1.68. The fourth-order valence-corrected chi connectivity index (χ4v) is 4.76. The van der Waals surface area contributed by atoms with Crippen molar-refractivity contribution >= 4 is 23.6 Å². The summed E-state index contributed by atoms with van der Waals surface area (Å²) in [7, 11) is 0. The second-order valence-electron chi connectivity index (χ2n) is 8.92. The normalized spacial score (nSPS) is 12.5. The highest BCUT2D eigenvalue weighted by Gasteiger charge is 2.31. The number of benzene rings is 3. The number of carbonyl (C=O) groups excluding carboxylic acids is 2. The van der Waals surface area contributed by atoms with Crippen LogP contribution in [0.4, 0.5) is 4.39 Å². The Bertz CT molecular complexity index is 1090. The van der Waals surface area contributed by atoms with Crippen molar-refractivity contribution in [2.24, 2.45) is 0 Å². The van der Waals surface area contributed by atoms with Crippen LogP contribution in [0, 0.1) is 5.82 Å². The molecule has 2 amide bonds. The molecule has 0 spiro atoms. The largest absolute Gasteiger partial charge is 0.352 e. The van der Waals surface area contributed by atoms with E-state index in [2.05, 4.69) is 17.4 Å². The zero-order valence-corrected chi connectivity index (χ0v) is 21.8. The summed E-state index contributed by atoms with van der Waals surface area (Å²) in [6.07, 6.45) is 1.41. The third kappa shape index (κ3) is 8.52. The molecule has 0 radical (unpaired) electrons. The lowest BCUT2D eigenvalue weighted by Gasteiger charge is -2.32. The number of hydrogen-bond acceptors (Lipinski definition) is 3. The van der Waals surface area contributed by atoms with E-state index < -0.39 is 6.04 Å². The lowest BCUT2D eigenvalue weighted by molar-refractivity contribution is -0.141. The third-order valence-electron chi connectivity index (χ3n) is 6.14. The van der Waals surface area contributed by atoms with E-state index in [9.17, 15) is 14.0 Å². The van der Waals surface area contributed by atoms with Crippen molar-refractivity contribution in [3.63, 3.8) is 0 Å². The number of rotatable bonds is 13. The van der Waals surface area contributed by atoms with Gasteiger partial charge in [-0.3, -0.25) is 9.59 Å². The second-order valence-corrected chi connectivity index (χ2v) is 10.0. The first-order valence-corrected chi connectivity index (χ1v) is 13.6. The first kappa shape index (κ1) is 27.5. The van der Waals surface area contributed by atoms with Crippen molar-refractivity contribution in [2.75, 3.05) is 5.75 Å². The molecule has 0 unspecified atom stereocenters. The highest BCUT2D eigenvalue weighted by molar-refractivity contribution is 7.98. The Morgan fingerprint density at radius 1 is 0.917 bits per heavy atom. The number of thioether (sulfide) groups is 1. The molecule has 3 aromatic carbocycles. The van der Waals surface area contributed by atoms with Gasteiger partial charge in [0.2, 0.25) is 11.8 Å². The van der Waals surface area contributed by atoms with Crippen LogP contribution >= 0.6 is 11.8 Å². The van der Waals surface area contributed by atoms with Crippen LogP contribution in [0.15, 0.2) is 84.9 Å². The summed E-state index contributed by atoms with van der Waals surface area (Å²) in [6, 6.07) is 25.4.